The molecule has 6 atom stereocenters. The molecule has 0 bridgehead atoms. The summed E-state index contributed by atoms with van der Waals surface area (Å²) in [4.78, 5) is 72.4. The number of nitrogens with one attached hydrogen (secondary N) is 1. The molecule has 2 rings (SSSR count). The molecule has 0 aliphatic carbocycles. The van der Waals surface area contributed by atoms with Crippen LogP contribution in [0.25, 0.3) is 0 Å². The minimum Gasteiger partial charge on any atom is -0.387 e. The lowest BCUT2D eigenvalue weighted by molar-refractivity contribution is -0.0229. The number of phosphoric ester groups is 1. The summed E-state index contributed by atoms with van der Waals surface area (Å²) in [6.45, 7) is -1.13. The van der Waals surface area contributed by atoms with Crippen LogP contribution in [0, 0.1) is 0 Å². The van der Waals surface area contributed by atoms with Gasteiger partial charge in [0.2, 0.25) is 0 Å². The van der Waals surface area contributed by atoms with E-state index in [4.69, 9.17) is 19.4 Å². The van der Waals surface area contributed by atoms with E-state index < -0.39 is 77.0 Å². The zero-order valence-electron chi connectivity index (χ0n) is 15.6. The number of phosphoric acid groups is 3. The number of carbonyl (C=O) groups is 1. The largest absolute Gasteiger partial charge is 0.490 e. The fraction of sp³-hybridized carbons (Fsp3) is 0.545. The molecule has 1 aliphatic heterocycles. The molecule has 2 heterocycles. The molecule has 7 N–H and O–H groups in total. The summed E-state index contributed by atoms with van der Waals surface area (Å²) in [6, 6.07) is 0. The molecular formula is C11H17N2O16P3. The van der Waals surface area contributed by atoms with Crippen molar-refractivity contribution in [3.8, 4) is 0 Å². The zero-order chi connectivity index (χ0) is 24.6. The lowest BCUT2D eigenvalue weighted by Gasteiger charge is -2.19. The summed E-state index contributed by atoms with van der Waals surface area (Å²) in [5.74, 6) is 0. The Balaban J connectivity index is 2.19. The van der Waals surface area contributed by atoms with Crippen molar-refractivity contribution < 1.29 is 66.2 Å². The van der Waals surface area contributed by atoms with Crippen LogP contribution in [-0.4, -0.2) is 70.5 Å². The maximum atomic E-state index is 12.1. The van der Waals surface area contributed by atoms with Crippen molar-refractivity contribution in [3.05, 3.63) is 32.1 Å². The molecule has 0 saturated carbocycles. The van der Waals surface area contributed by atoms with Crippen LogP contribution >= 0.6 is 23.5 Å². The zero-order valence-corrected chi connectivity index (χ0v) is 18.3. The molecule has 0 spiro atoms. The first-order valence-corrected chi connectivity index (χ1v) is 12.6. The third-order valence-electron chi connectivity index (χ3n) is 3.98. The number of carbonyl (C=O) groups excluding carboxylic acids is 1. The number of aldehydes is 1. The van der Waals surface area contributed by atoms with E-state index in [1.165, 1.54) is 0 Å². The van der Waals surface area contributed by atoms with E-state index in [2.05, 4.69) is 13.1 Å². The molecular weight excluding hydrogens is 509 g/mol. The standard InChI is InChI=1S/C11H17N2O16P3/c1-13-4(2-14)6(10(17)12-11(13)18)9-8(16)7(15)5(27-9)3-26-31(22,23)29-32(24,25)28-30(19,20)21/h2,5,7-9,15-16H,3H2,1H3,(H,22,23)(H,24,25)(H,12,17,18)(H2,19,20,21)/t5-,7-,8-,9+/m1/s1. The number of nitrogens with zero attached hydrogens (tertiary/aromatic N) is 1. The van der Waals surface area contributed by atoms with Crippen molar-refractivity contribution in [2.24, 2.45) is 7.05 Å². The Kier molecular flexibility index (Phi) is 7.97. The van der Waals surface area contributed by atoms with Crippen molar-refractivity contribution in [3.63, 3.8) is 0 Å². The van der Waals surface area contributed by atoms with Gasteiger partial charge in [-0.3, -0.25) is 23.7 Å². The van der Waals surface area contributed by atoms with Crippen LogP contribution in [0.4, 0.5) is 0 Å². The maximum Gasteiger partial charge on any atom is 0.490 e. The predicted molar refractivity (Wildman–Crippen MR) is 97.1 cm³/mol. The van der Waals surface area contributed by atoms with E-state index in [-0.39, 0.29) is 6.29 Å². The Morgan fingerprint density at radius 1 is 1.06 bits per heavy atom. The molecule has 1 fully saturated rings. The Morgan fingerprint density at radius 2 is 1.66 bits per heavy atom. The van der Waals surface area contributed by atoms with E-state index in [0.29, 0.717) is 0 Å². The summed E-state index contributed by atoms with van der Waals surface area (Å²) in [5, 5.41) is 20.3. The van der Waals surface area contributed by atoms with Gasteiger partial charge in [0, 0.05) is 7.05 Å². The lowest BCUT2D eigenvalue weighted by atomic mass is 10.0. The second kappa shape index (κ2) is 9.48. The first-order chi connectivity index (χ1) is 14.5. The van der Waals surface area contributed by atoms with E-state index in [1.807, 2.05) is 4.98 Å². The Labute approximate surface area is 176 Å². The molecule has 1 aromatic rings. The normalized spacial score (nSPS) is 27.6. The second-order valence-electron chi connectivity index (χ2n) is 6.20. The minimum atomic E-state index is -5.78. The number of aromatic amines is 1. The van der Waals surface area contributed by atoms with Crippen LogP contribution < -0.4 is 11.2 Å². The van der Waals surface area contributed by atoms with Gasteiger partial charge in [0.15, 0.2) is 6.29 Å². The first-order valence-electron chi connectivity index (χ1n) is 8.06. The van der Waals surface area contributed by atoms with Crippen LogP contribution in [0.1, 0.15) is 22.2 Å². The van der Waals surface area contributed by atoms with Crippen molar-refractivity contribution in [2.75, 3.05) is 6.61 Å². The minimum absolute atomic E-state index is 0.119. The van der Waals surface area contributed by atoms with Gasteiger partial charge >= 0.3 is 29.2 Å². The third-order valence-corrected chi connectivity index (χ3v) is 7.79. The van der Waals surface area contributed by atoms with Gasteiger partial charge in [-0.2, -0.15) is 8.62 Å². The van der Waals surface area contributed by atoms with Gasteiger partial charge in [-0.25, -0.2) is 18.5 Å². The van der Waals surface area contributed by atoms with Crippen LogP contribution in [0.3, 0.4) is 0 Å². The average Bonchev–Trinajstić information content (AvgIpc) is 2.88. The van der Waals surface area contributed by atoms with Crippen LogP contribution in [0.15, 0.2) is 9.59 Å². The Bertz CT molecular complexity index is 1140. The first kappa shape index (κ1) is 26.9. The predicted octanol–water partition coefficient (Wildman–Crippen LogP) is -2.61. The summed E-state index contributed by atoms with van der Waals surface area (Å²) >= 11 is 0. The summed E-state index contributed by atoms with van der Waals surface area (Å²) in [5.41, 5.74) is -3.13. The van der Waals surface area contributed by atoms with Gasteiger partial charge in [-0.05, 0) is 0 Å². The van der Waals surface area contributed by atoms with Gasteiger partial charge in [0.05, 0.1) is 17.9 Å². The highest BCUT2D eigenvalue weighted by molar-refractivity contribution is 7.66. The quantitative estimate of drug-likeness (QED) is 0.128. The van der Waals surface area contributed by atoms with E-state index in [0.717, 1.165) is 11.6 Å². The summed E-state index contributed by atoms with van der Waals surface area (Å²) in [6.07, 6.45) is -7.08. The van der Waals surface area contributed by atoms with Crippen molar-refractivity contribution >= 4 is 29.8 Å². The van der Waals surface area contributed by atoms with Gasteiger partial charge < -0.3 is 34.5 Å². The van der Waals surface area contributed by atoms with Gasteiger partial charge in [0.1, 0.15) is 24.4 Å². The monoisotopic (exact) mass is 526 g/mol. The number of aliphatic hydroxyl groups excluding tert-OH is 2. The molecule has 0 amide bonds. The summed E-state index contributed by atoms with van der Waals surface area (Å²) < 4.78 is 50.9. The highest BCUT2D eigenvalue weighted by atomic mass is 31.3. The SMILES string of the molecule is Cn1c(C=O)c([C@@H]2O[C@H](COP(=O)(O)OP(=O)(O)OP(=O)(O)O)[C@@H](O)[C@H]2O)c(=O)[nH]c1=O. The lowest BCUT2D eigenvalue weighted by Crippen LogP contribution is -2.38. The van der Waals surface area contributed by atoms with Crippen molar-refractivity contribution in [1.82, 2.24) is 9.55 Å². The number of aromatic nitrogens is 2. The fourth-order valence-electron chi connectivity index (χ4n) is 2.67. The molecule has 0 aromatic carbocycles. The summed E-state index contributed by atoms with van der Waals surface area (Å²) in [7, 11) is -15.8. The molecule has 32 heavy (non-hydrogen) atoms. The number of ether oxygens (including phenoxy) is 1. The average molecular weight is 526 g/mol. The molecule has 2 unspecified atom stereocenters. The number of H-pyrrole nitrogens is 1. The number of aliphatic hydroxyl groups is 2. The molecule has 0 radical (unpaired) electrons. The van der Waals surface area contributed by atoms with Gasteiger partial charge in [-0.1, -0.05) is 0 Å². The van der Waals surface area contributed by atoms with Gasteiger partial charge in [0.25, 0.3) is 5.56 Å². The second-order valence-corrected chi connectivity index (χ2v) is 10.6. The Hall–Kier alpha value is -1.36. The smallest absolute Gasteiger partial charge is 0.387 e. The van der Waals surface area contributed by atoms with E-state index >= 15 is 0 Å². The molecule has 182 valence electrons. The molecule has 21 heteroatoms. The topological polar surface area (TPSA) is 281 Å². The van der Waals surface area contributed by atoms with Gasteiger partial charge in [-0.15, -0.1) is 0 Å². The van der Waals surface area contributed by atoms with Crippen molar-refractivity contribution in [1.29, 1.82) is 0 Å². The molecule has 1 aliphatic rings. The highest BCUT2D eigenvalue weighted by Gasteiger charge is 2.47. The molecule has 1 aromatic heterocycles. The van der Waals surface area contributed by atoms with E-state index in [9.17, 15) is 43.2 Å². The van der Waals surface area contributed by atoms with Crippen LogP contribution in [0.5, 0.6) is 0 Å². The molecule has 18 nitrogen and oxygen atoms in total. The fourth-order valence-corrected chi connectivity index (χ4v) is 5.70. The number of hydrogen-bond acceptors (Lipinski definition) is 12. The van der Waals surface area contributed by atoms with Crippen molar-refractivity contribution in [2.45, 2.75) is 24.4 Å². The maximum absolute atomic E-state index is 12.1. The third kappa shape index (κ3) is 6.36. The number of rotatable bonds is 9. The van der Waals surface area contributed by atoms with Crippen LogP contribution in [0.2, 0.25) is 0 Å². The van der Waals surface area contributed by atoms with E-state index in [1.54, 1.807) is 0 Å². The van der Waals surface area contributed by atoms with Crippen LogP contribution in [-0.2, 0) is 38.6 Å². The highest BCUT2D eigenvalue weighted by Crippen LogP contribution is 2.66. The number of hydrogen-bond donors (Lipinski definition) is 7. The Morgan fingerprint density at radius 3 is 2.19 bits per heavy atom. The molecule has 1 saturated heterocycles.